The fourth-order valence-electron chi connectivity index (χ4n) is 3.98. The van der Waals surface area contributed by atoms with Crippen LogP contribution < -0.4 is 5.56 Å². The highest BCUT2D eigenvalue weighted by Crippen LogP contribution is 2.28. The quantitative estimate of drug-likeness (QED) is 0.922. The van der Waals surface area contributed by atoms with Crippen LogP contribution in [0, 0.1) is 0 Å². The van der Waals surface area contributed by atoms with Gasteiger partial charge in [0.2, 0.25) is 5.56 Å². The molecule has 1 atom stereocenters. The fraction of sp³-hybridized carbons (Fsp3) is 0.706. The molecule has 2 aliphatic heterocycles. The molecule has 1 N–H and O–H groups in total. The summed E-state index contributed by atoms with van der Waals surface area (Å²) in [6.07, 6.45) is 6.87. The average molecular weight is 289 g/mol. The highest BCUT2D eigenvalue weighted by atomic mass is 16.1. The number of H-pyrrole nitrogens is 1. The third-order valence-corrected chi connectivity index (χ3v) is 5.23. The van der Waals surface area contributed by atoms with Gasteiger partial charge in [-0.25, -0.2) is 0 Å². The predicted molar refractivity (Wildman–Crippen MR) is 85.7 cm³/mol. The molecule has 0 spiro atoms. The number of nitrogens with zero attached hydrogens (tertiary/aromatic N) is 2. The number of hydrogen-bond donors (Lipinski definition) is 1. The second-order valence-electron chi connectivity index (χ2n) is 6.49. The number of piperidine rings is 1. The van der Waals surface area contributed by atoms with E-state index in [0.29, 0.717) is 5.92 Å². The molecule has 4 heteroatoms. The summed E-state index contributed by atoms with van der Waals surface area (Å²) in [6.45, 7) is 8.32. The number of likely N-dealkylation sites (N-methyl/N-ethyl adjacent to an activating group) is 1. The molecule has 0 bridgehead atoms. The molecular weight excluding hydrogens is 262 g/mol. The zero-order valence-corrected chi connectivity index (χ0v) is 13.1. The number of pyridine rings is 1. The van der Waals surface area contributed by atoms with Crippen molar-refractivity contribution in [3.8, 4) is 0 Å². The Bertz CT molecular complexity index is 505. The van der Waals surface area contributed by atoms with E-state index in [9.17, 15) is 4.79 Å². The number of rotatable bonds is 4. The molecule has 1 aromatic rings. The van der Waals surface area contributed by atoms with E-state index in [-0.39, 0.29) is 5.56 Å². The second-order valence-corrected chi connectivity index (χ2v) is 6.49. The van der Waals surface area contributed by atoms with Crippen molar-refractivity contribution in [3.05, 3.63) is 34.2 Å². The Labute approximate surface area is 127 Å². The molecule has 0 amide bonds. The lowest BCUT2D eigenvalue weighted by Gasteiger charge is -2.35. The van der Waals surface area contributed by atoms with Crippen molar-refractivity contribution < 1.29 is 0 Å². The van der Waals surface area contributed by atoms with Crippen LogP contribution >= 0.6 is 0 Å². The standard InChI is InChI=1S/C17H27N3O/c1-2-20-9-3-4-16(20)13-19-10-6-14(7-11-19)15-5-8-18-17(21)12-15/h5,8,12,14,16H,2-4,6-7,9-11,13H2,1H3,(H,18,21). The molecule has 2 fully saturated rings. The van der Waals surface area contributed by atoms with Crippen molar-refractivity contribution in [2.45, 2.75) is 44.6 Å². The molecule has 0 aliphatic carbocycles. The largest absolute Gasteiger partial charge is 0.329 e. The zero-order valence-electron chi connectivity index (χ0n) is 13.1. The molecule has 0 radical (unpaired) electrons. The summed E-state index contributed by atoms with van der Waals surface area (Å²) in [5, 5.41) is 0. The van der Waals surface area contributed by atoms with Gasteiger partial charge in [0.15, 0.2) is 0 Å². The van der Waals surface area contributed by atoms with E-state index in [4.69, 9.17) is 0 Å². The van der Waals surface area contributed by atoms with Crippen molar-refractivity contribution >= 4 is 0 Å². The molecule has 2 aliphatic rings. The molecule has 3 rings (SSSR count). The van der Waals surface area contributed by atoms with E-state index in [1.807, 2.05) is 0 Å². The summed E-state index contributed by atoms with van der Waals surface area (Å²) in [4.78, 5) is 19.4. The van der Waals surface area contributed by atoms with Crippen LogP contribution in [0.2, 0.25) is 0 Å². The Hall–Kier alpha value is -1.13. The number of likely N-dealkylation sites (tertiary alicyclic amines) is 2. The van der Waals surface area contributed by atoms with E-state index in [1.54, 1.807) is 12.3 Å². The van der Waals surface area contributed by atoms with Crippen molar-refractivity contribution in [2.24, 2.45) is 0 Å². The van der Waals surface area contributed by atoms with Crippen LogP contribution in [0.15, 0.2) is 23.1 Å². The molecule has 1 unspecified atom stereocenters. The topological polar surface area (TPSA) is 39.3 Å². The van der Waals surface area contributed by atoms with Gasteiger partial charge in [-0.2, -0.15) is 0 Å². The molecule has 1 aromatic heterocycles. The normalized spacial score (nSPS) is 25.5. The Morgan fingerprint density at radius 2 is 2.05 bits per heavy atom. The maximum absolute atomic E-state index is 11.4. The average Bonchev–Trinajstić information content (AvgIpc) is 2.95. The third kappa shape index (κ3) is 3.55. The van der Waals surface area contributed by atoms with Crippen LogP contribution in [-0.2, 0) is 0 Å². The van der Waals surface area contributed by atoms with Gasteiger partial charge in [-0.3, -0.25) is 9.69 Å². The van der Waals surface area contributed by atoms with Gasteiger partial charge < -0.3 is 9.88 Å². The minimum atomic E-state index is 0.0273. The molecule has 4 nitrogen and oxygen atoms in total. The number of aromatic amines is 1. The summed E-state index contributed by atoms with van der Waals surface area (Å²) >= 11 is 0. The first-order chi connectivity index (χ1) is 10.3. The highest BCUT2D eigenvalue weighted by molar-refractivity contribution is 5.16. The molecule has 2 saturated heterocycles. The molecular formula is C17H27N3O. The minimum Gasteiger partial charge on any atom is -0.329 e. The van der Waals surface area contributed by atoms with Crippen molar-refractivity contribution in [3.63, 3.8) is 0 Å². The number of hydrogen-bond acceptors (Lipinski definition) is 3. The van der Waals surface area contributed by atoms with E-state index in [1.165, 1.54) is 64.0 Å². The number of nitrogens with one attached hydrogen (secondary N) is 1. The van der Waals surface area contributed by atoms with Crippen LogP contribution in [-0.4, -0.2) is 53.5 Å². The minimum absolute atomic E-state index is 0.0273. The maximum atomic E-state index is 11.4. The van der Waals surface area contributed by atoms with E-state index < -0.39 is 0 Å². The Kier molecular flexibility index (Phi) is 4.76. The van der Waals surface area contributed by atoms with Crippen molar-refractivity contribution in [1.29, 1.82) is 0 Å². The second kappa shape index (κ2) is 6.75. The van der Waals surface area contributed by atoms with Gasteiger partial charge in [0.25, 0.3) is 0 Å². The van der Waals surface area contributed by atoms with Crippen LogP contribution in [0.4, 0.5) is 0 Å². The third-order valence-electron chi connectivity index (χ3n) is 5.23. The van der Waals surface area contributed by atoms with Crippen LogP contribution in [0.1, 0.15) is 44.1 Å². The van der Waals surface area contributed by atoms with Gasteiger partial charge in [-0.1, -0.05) is 6.92 Å². The fourth-order valence-corrected chi connectivity index (χ4v) is 3.98. The predicted octanol–water partition coefficient (Wildman–Crippen LogP) is 2.04. The highest BCUT2D eigenvalue weighted by Gasteiger charge is 2.27. The first-order valence-electron chi connectivity index (χ1n) is 8.41. The van der Waals surface area contributed by atoms with Gasteiger partial charge >= 0.3 is 0 Å². The molecule has 3 heterocycles. The first kappa shape index (κ1) is 14.8. The summed E-state index contributed by atoms with van der Waals surface area (Å²) in [5.74, 6) is 0.564. The summed E-state index contributed by atoms with van der Waals surface area (Å²) in [7, 11) is 0. The van der Waals surface area contributed by atoms with Gasteiger partial charge in [0.05, 0.1) is 0 Å². The summed E-state index contributed by atoms with van der Waals surface area (Å²) < 4.78 is 0. The van der Waals surface area contributed by atoms with Gasteiger partial charge in [-0.15, -0.1) is 0 Å². The summed E-state index contributed by atoms with van der Waals surface area (Å²) in [5.41, 5.74) is 1.24. The Balaban J connectivity index is 1.52. The maximum Gasteiger partial charge on any atom is 0.248 e. The molecule has 0 saturated carbocycles. The van der Waals surface area contributed by atoms with Crippen molar-refractivity contribution in [2.75, 3.05) is 32.7 Å². The molecule has 116 valence electrons. The first-order valence-corrected chi connectivity index (χ1v) is 8.41. The molecule has 0 aromatic carbocycles. The number of aromatic nitrogens is 1. The smallest absolute Gasteiger partial charge is 0.248 e. The van der Waals surface area contributed by atoms with E-state index >= 15 is 0 Å². The van der Waals surface area contributed by atoms with Crippen LogP contribution in [0.25, 0.3) is 0 Å². The lowest BCUT2D eigenvalue weighted by atomic mass is 9.90. The van der Waals surface area contributed by atoms with E-state index in [2.05, 4.69) is 27.8 Å². The van der Waals surface area contributed by atoms with Crippen LogP contribution in [0.3, 0.4) is 0 Å². The lowest BCUT2D eigenvalue weighted by molar-refractivity contribution is 0.150. The SMILES string of the molecule is CCN1CCCC1CN1CCC(c2cc[nH]c(=O)c2)CC1. The zero-order chi connectivity index (χ0) is 14.7. The van der Waals surface area contributed by atoms with Crippen LogP contribution in [0.5, 0.6) is 0 Å². The molecule has 21 heavy (non-hydrogen) atoms. The van der Waals surface area contributed by atoms with Gasteiger partial charge in [0, 0.05) is 24.8 Å². The Morgan fingerprint density at radius 1 is 1.24 bits per heavy atom. The Morgan fingerprint density at radius 3 is 2.76 bits per heavy atom. The van der Waals surface area contributed by atoms with Crippen molar-refractivity contribution in [1.82, 2.24) is 14.8 Å². The summed E-state index contributed by atoms with van der Waals surface area (Å²) in [6, 6.07) is 4.61. The van der Waals surface area contributed by atoms with E-state index in [0.717, 1.165) is 6.04 Å². The monoisotopic (exact) mass is 289 g/mol. The van der Waals surface area contributed by atoms with Gasteiger partial charge in [-0.05, 0) is 69.4 Å². The lowest BCUT2D eigenvalue weighted by Crippen LogP contribution is -2.43. The van der Waals surface area contributed by atoms with Gasteiger partial charge in [0.1, 0.15) is 0 Å².